The van der Waals surface area contributed by atoms with Gasteiger partial charge >= 0.3 is 5.97 Å². The van der Waals surface area contributed by atoms with Crippen LogP contribution < -0.4 is 0 Å². The molecule has 0 aromatic heterocycles. The molecule has 6 aliphatic rings. The quantitative estimate of drug-likeness (QED) is 0.607. The Morgan fingerprint density at radius 3 is 2.71 bits per heavy atom. The van der Waals surface area contributed by atoms with E-state index in [4.69, 9.17) is 4.74 Å². The predicted molar refractivity (Wildman–Crippen MR) is 110 cm³/mol. The first kappa shape index (κ1) is 17.8. The number of carbonyl (C=O) groups excluding carboxylic acids is 2. The van der Waals surface area contributed by atoms with E-state index >= 15 is 0 Å². The summed E-state index contributed by atoms with van der Waals surface area (Å²) in [4.78, 5) is 24.3. The van der Waals surface area contributed by atoms with E-state index in [-0.39, 0.29) is 28.2 Å². The molecule has 1 saturated heterocycles. The summed E-state index contributed by atoms with van der Waals surface area (Å²) in [7, 11) is 0. The molecule has 4 saturated carbocycles. The van der Waals surface area contributed by atoms with Crippen LogP contribution in [0.1, 0.15) is 52.4 Å². The third-order valence-corrected chi connectivity index (χ3v) is 11.1. The van der Waals surface area contributed by atoms with Crippen molar-refractivity contribution in [2.75, 3.05) is 6.26 Å². The van der Waals surface area contributed by atoms with Gasteiger partial charge in [-0.3, -0.25) is 9.59 Å². The summed E-state index contributed by atoms with van der Waals surface area (Å²) in [6, 6.07) is 0. The Morgan fingerprint density at radius 2 is 2.00 bits per heavy atom. The Morgan fingerprint density at radius 1 is 1.18 bits per heavy atom. The average Bonchev–Trinajstić information content (AvgIpc) is 3.30. The molecular weight excluding hydrogens is 368 g/mol. The fourth-order valence-electron chi connectivity index (χ4n) is 8.73. The molecule has 0 N–H and O–H groups in total. The van der Waals surface area contributed by atoms with Gasteiger partial charge in [0.15, 0.2) is 5.78 Å². The van der Waals surface area contributed by atoms with Crippen molar-refractivity contribution in [3.8, 4) is 0 Å². The minimum atomic E-state index is -0.178. The van der Waals surface area contributed by atoms with Crippen LogP contribution in [-0.2, 0) is 14.3 Å². The topological polar surface area (TPSA) is 43.4 Å². The second-order valence-electron chi connectivity index (χ2n) is 10.7. The minimum absolute atomic E-state index is 0.0264. The van der Waals surface area contributed by atoms with Crippen molar-refractivity contribution >= 4 is 23.5 Å². The number of esters is 1. The smallest absolute Gasteiger partial charge is 0.306 e. The fourth-order valence-corrected chi connectivity index (χ4v) is 9.75. The first-order valence-electron chi connectivity index (χ1n) is 11.0. The maximum atomic E-state index is 12.2. The van der Waals surface area contributed by atoms with Crippen LogP contribution in [0, 0.1) is 40.4 Å². The SMILES string of the molecule is CS[C@@H]1CC2=CC(=O)C=C[C@]2(C)[C@H]2CC[C@@]3(C)[C@@H](C4CC4C34CCC(=O)O4)[C@H]12. The Bertz CT molecular complexity index is 845. The normalized spacial score (nSPS) is 55.9. The number of ether oxygens (including phenoxy) is 1. The number of thioether (sulfide) groups is 1. The van der Waals surface area contributed by atoms with Crippen LogP contribution >= 0.6 is 11.8 Å². The molecule has 5 aliphatic carbocycles. The van der Waals surface area contributed by atoms with Crippen molar-refractivity contribution in [1.29, 1.82) is 0 Å². The van der Waals surface area contributed by atoms with Gasteiger partial charge in [0.1, 0.15) is 5.60 Å². The van der Waals surface area contributed by atoms with Crippen LogP contribution in [0.25, 0.3) is 0 Å². The third-order valence-electron chi connectivity index (χ3n) is 9.98. The molecule has 6 rings (SSSR count). The maximum Gasteiger partial charge on any atom is 0.306 e. The number of rotatable bonds is 1. The summed E-state index contributed by atoms with van der Waals surface area (Å²) < 4.78 is 6.21. The van der Waals surface area contributed by atoms with Crippen LogP contribution in [0.3, 0.4) is 0 Å². The molecule has 150 valence electrons. The van der Waals surface area contributed by atoms with E-state index in [1.165, 1.54) is 18.4 Å². The first-order chi connectivity index (χ1) is 13.3. The Labute approximate surface area is 171 Å². The first-order valence-corrected chi connectivity index (χ1v) is 12.3. The molecule has 0 amide bonds. The van der Waals surface area contributed by atoms with Gasteiger partial charge in [-0.05, 0) is 74.2 Å². The van der Waals surface area contributed by atoms with E-state index in [2.05, 4.69) is 26.2 Å². The minimum Gasteiger partial charge on any atom is -0.458 e. The fraction of sp³-hybridized carbons (Fsp3) is 0.750. The molecule has 5 fully saturated rings. The van der Waals surface area contributed by atoms with Crippen LogP contribution in [-0.4, -0.2) is 28.9 Å². The van der Waals surface area contributed by atoms with E-state index in [0.29, 0.717) is 35.3 Å². The lowest BCUT2D eigenvalue weighted by Gasteiger charge is -2.61. The lowest BCUT2D eigenvalue weighted by atomic mass is 9.46. The maximum absolute atomic E-state index is 12.2. The molecule has 28 heavy (non-hydrogen) atoms. The van der Waals surface area contributed by atoms with Gasteiger partial charge in [-0.1, -0.05) is 25.5 Å². The van der Waals surface area contributed by atoms with Crippen LogP contribution in [0.15, 0.2) is 23.8 Å². The third kappa shape index (κ3) is 1.90. The predicted octanol–water partition coefficient (Wildman–Crippen LogP) is 4.57. The highest BCUT2D eigenvalue weighted by Crippen LogP contribution is 2.79. The molecule has 3 nitrogen and oxygen atoms in total. The molecule has 9 atom stereocenters. The van der Waals surface area contributed by atoms with Gasteiger partial charge in [-0.2, -0.15) is 11.8 Å². The Hall–Kier alpha value is -1.03. The van der Waals surface area contributed by atoms with Gasteiger partial charge < -0.3 is 4.74 Å². The molecule has 1 spiro atoms. The highest BCUT2D eigenvalue weighted by molar-refractivity contribution is 7.99. The molecule has 0 radical (unpaired) electrons. The van der Waals surface area contributed by atoms with Crippen molar-refractivity contribution in [2.45, 2.75) is 63.2 Å². The molecule has 0 aromatic rings. The highest BCUT2D eigenvalue weighted by atomic mass is 32.2. The lowest BCUT2D eigenvalue weighted by molar-refractivity contribution is -0.174. The van der Waals surface area contributed by atoms with Gasteiger partial charge in [0.2, 0.25) is 0 Å². The van der Waals surface area contributed by atoms with Gasteiger partial charge in [0.25, 0.3) is 0 Å². The summed E-state index contributed by atoms with van der Waals surface area (Å²) in [5.74, 6) is 3.44. The standard InChI is InChI=1S/C24H30O3S/c1-22-7-4-14(25)10-13(22)11-18(28-3)20-16(22)5-8-23(2)21(20)15-12-17(15)24(23)9-6-19(26)27-24/h4,7,10,15-18,20-21H,5-6,8-9,11-12H2,1-3H3/t15?,16-,17?,18+,20-,21-,22-,23-,24?/m0/s1. The van der Waals surface area contributed by atoms with Crippen LogP contribution in [0.4, 0.5) is 0 Å². The van der Waals surface area contributed by atoms with E-state index in [9.17, 15) is 9.59 Å². The number of fused-ring (bicyclic) bond motifs is 9. The van der Waals surface area contributed by atoms with E-state index in [1.807, 2.05) is 23.9 Å². The van der Waals surface area contributed by atoms with Crippen LogP contribution in [0.2, 0.25) is 0 Å². The Balaban J connectivity index is 1.45. The summed E-state index contributed by atoms with van der Waals surface area (Å²) in [5.41, 5.74) is 1.34. The van der Waals surface area contributed by atoms with Crippen molar-refractivity contribution < 1.29 is 14.3 Å². The average molecular weight is 399 g/mol. The lowest BCUT2D eigenvalue weighted by Crippen LogP contribution is -2.59. The van der Waals surface area contributed by atoms with Crippen molar-refractivity contribution in [2.24, 2.45) is 40.4 Å². The van der Waals surface area contributed by atoms with Gasteiger partial charge in [0, 0.05) is 28.4 Å². The molecule has 1 aliphatic heterocycles. The monoisotopic (exact) mass is 398 g/mol. The van der Waals surface area contributed by atoms with Gasteiger partial charge in [-0.15, -0.1) is 0 Å². The number of hydrogen-bond acceptors (Lipinski definition) is 4. The number of hydrogen-bond donors (Lipinski definition) is 0. The number of allylic oxidation sites excluding steroid dienone is 4. The number of carbonyl (C=O) groups is 2. The zero-order chi connectivity index (χ0) is 19.5. The van der Waals surface area contributed by atoms with Crippen molar-refractivity contribution in [1.82, 2.24) is 0 Å². The van der Waals surface area contributed by atoms with E-state index < -0.39 is 0 Å². The van der Waals surface area contributed by atoms with Crippen molar-refractivity contribution in [3.05, 3.63) is 23.8 Å². The summed E-state index contributed by atoms with van der Waals surface area (Å²) >= 11 is 2.00. The van der Waals surface area contributed by atoms with Gasteiger partial charge in [0.05, 0.1) is 0 Å². The molecule has 3 unspecified atom stereocenters. The second-order valence-corrected chi connectivity index (χ2v) is 11.8. The largest absolute Gasteiger partial charge is 0.458 e. The van der Waals surface area contributed by atoms with E-state index in [1.54, 1.807) is 0 Å². The molecular formula is C24H30O3S. The van der Waals surface area contributed by atoms with Gasteiger partial charge in [-0.25, -0.2) is 0 Å². The summed E-state index contributed by atoms with van der Waals surface area (Å²) in [5, 5.41) is 0.571. The second kappa shape index (κ2) is 5.36. The zero-order valence-electron chi connectivity index (χ0n) is 17.1. The Kier molecular flexibility index (Phi) is 3.41. The zero-order valence-corrected chi connectivity index (χ0v) is 17.9. The molecule has 0 aromatic carbocycles. The van der Waals surface area contributed by atoms with E-state index in [0.717, 1.165) is 25.2 Å². The molecule has 4 heteroatoms. The van der Waals surface area contributed by atoms with Crippen LogP contribution in [0.5, 0.6) is 0 Å². The highest BCUT2D eigenvalue weighted by Gasteiger charge is 2.79. The summed E-state index contributed by atoms with van der Waals surface area (Å²) in [6.45, 7) is 4.84. The number of ketones is 1. The van der Waals surface area contributed by atoms with Crippen molar-refractivity contribution in [3.63, 3.8) is 0 Å². The summed E-state index contributed by atoms with van der Waals surface area (Å²) in [6.07, 6.45) is 14.4. The molecule has 1 heterocycles. The molecule has 0 bridgehead atoms.